The van der Waals surface area contributed by atoms with Crippen molar-refractivity contribution in [3.63, 3.8) is 0 Å². The number of nitrogens with zero attached hydrogens (tertiary/aromatic N) is 4. The fourth-order valence-corrected chi connectivity index (χ4v) is 2.70. The summed E-state index contributed by atoms with van der Waals surface area (Å²) in [6.07, 6.45) is 5.55. The highest BCUT2D eigenvalue weighted by Crippen LogP contribution is 2.18. The molecule has 0 radical (unpaired) electrons. The van der Waals surface area contributed by atoms with E-state index in [9.17, 15) is 0 Å². The normalized spacial score (nSPS) is 20.8. The molecule has 0 atom stereocenters. The van der Waals surface area contributed by atoms with Gasteiger partial charge in [0.15, 0.2) is 5.96 Å². The average Bonchev–Trinajstić information content (AvgIpc) is 2.92. The van der Waals surface area contributed by atoms with Crippen LogP contribution in [0.1, 0.15) is 25.0 Å². The maximum atomic E-state index is 4.88. The van der Waals surface area contributed by atoms with Gasteiger partial charge in [0, 0.05) is 51.9 Å². The summed E-state index contributed by atoms with van der Waals surface area (Å²) in [5, 5.41) is 7.54. The van der Waals surface area contributed by atoms with Gasteiger partial charge in [-0.05, 0) is 19.3 Å². The van der Waals surface area contributed by atoms with Gasteiger partial charge < -0.3 is 14.7 Å². The topological polar surface area (TPSA) is 56.9 Å². The van der Waals surface area contributed by atoms with Gasteiger partial charge in [-0.25, -0.2) is 0 Å². The lowest BCUT2D eigenvalue weighted by Crippen LogP contribution is -2.54. The molecule has 1 N–H and O–H groups in total. The second-order valence-corrected chi connectivity index (χ2v) is 5.57. The molecular weight excluding hydrogens is 381 g/mol. The van der Waals surface area contributed by atoms with Gasteiger partial charge in [0.05, 0.1) is 5.69 Å². The third kappa shape index (κ3) is 4.32. The minimum atomic E-state index is 0. The van der Waals surface area contributed by atoms with Gasteiger partial charge in [-0.15, -0.1) is 24.0 Å². The Labute approximate surface area is 143 Å². The van der Waals surface area contributed by atoms with Crippen LogP contribution in [0.25, 0.3) is 0 Å². The van der Waals surface area contributed by atoms with Crippen molar-refractivity contribution in [2.45, 2.75) is 31.8 Å². The number of hydrogen-bond acceptors (Lipinski definition) is 4. The van der Waals surface area contributed by atoms with Gasteiger partial charge in [-0.3, -0.25) is 9.89 Å². The fraction of sp³-hybridized carbons (Fsp3) is 0.714. The third-order valence-corrected chi connectivity index (χ3v) is 4.20. The van der Waals surface area contributed by atoms with E-state index in [4.69, 9.17) is 4.52 Å². The van der Waals surface area contributed by atoms with Crippen molar-refractivity contribution in [1.29, 1.82) is 0 Å². The summed E-state index contributed by atoms with van der Waals surface area (Å²) in [4.78, 5) is 9.19. The molecule has 1 aliphatic heterocycles. The molecule has 0 unspecified atom stereocenters. The lowest BCUT2D eigenvalue weighted by atomic mass is 9.93. The van der Waals surface area contributed by atoms with E-state index >= 15 is 0 Å². The first-order chi connectivity index (χ1) is 9.85. The summed E-state index contributed by atoms with van der Waals surface area (Å²) in [5.41, 5.74) is 1.01. The number of aromatic nitrogens is 1. The summed E-state index contributed by atoms with van der Waals surface area (Å²) in [6.45, 7) is 4.99. The first kappa shape index (κ1) is 16.5. The summed E-state index contributed by atoms with van der Waals surface area (Å²) in [5.74, 6) is 1.07. The molecule has 7 heteroatoms. The molecule has 3 rings (SSSR count). The average molecular weight is 405 g/mol. The summed E-state index contributed by atoms with van der Waals surface area (Å²) in [7, 11) is 1.88. The Balaban J connectivity index is 0.00000161. The molecule has 2 aliphatic rings. The van der Waals surface area contributed by atoms with Crippen molar-refractivity contribution < 1.29 is 4.52 Å². The standard InChI is InChI=1S/C14H23N5O.HI/c1-15-14(16-12-3-2-4-12)19-8-6-18(7-9-19)11-13-5-10-20-17-13;/h5,10,12H,2-4,6-9,11H2,1H3,(H,15,16);1H. The quantitative estimate of drug-likeness (QED) is 0.470. The van der Waals surface area contributed by atoms with Gasteiger partial charge in [-0.1, -0.05) is 5.16 Å². The monoisotopic (exact) mass is 405 g/mol. The van der Waals surface area contributed by atoms with E-state index in [1.807, 2.05) is 13.1 Å². The Bertz CT molecular complexity index is 438. The van der Waals surface area contributed by atoms with Crippen LogP contribution in [0, 0.1) is 0 Å². The zero-order valence-electron chi connectivity index (χ0n) is 12.5. The SMILES string of the molecule is CN=C(NC1CCC1)N1CCN(Cc2ccon2)CC1.I. The Kier molecular flexibility index (Phi) is 6.28. The van der Waals surface area contributed by atoms with Crippen LogP contribution in [0.3, 0.4) is 0 Å². The van der Waals surface area contributed by atoms with Crippen LogP contribution in [-0.2, 0) is 6.54 Å². The summed E-state index contributed by atoms with van der Waals surface area (Å²) < 4.78 is 4.88. The van der Waals surface area contributed by atoms with Gasteiger partial charge in [-0.2, -0.15) is 0 Å². The van der Waals surface area contributed by atoms with Crippen LogP contribution in [0.2, 0.25) is 0 Å². The van der Waals surface area contributed by atoms with E-state index in [1.54, 1.807) is 6.26 Å². The predicted molar refractivity (Wildman–Crippen MR) is 92.9 cm³/mol. The molecule has 1 saturated carbocycles. The number of halogens is 1. The number of rotatable bonds is 3. The van der Waals surface area contributed by atoms with Gasteiger partial charge in [0.25, 0.3) is 0 Å². The molecule has 0 spiro atoms. The second kappa shape index (κ2) is 7.98. The van der Waals surface area contributed by atoms with Crippen LogP contribution in [0.4, 0.5) is 0 Å². The highest BCUT2D eigenvalue weighted by Gasteiger charge is 2.24. The molecule has 0 bridgehead atoms. The van der Waals surface area contributed by atoms with Crippen molar-refractivity contribution >= 4 is 29.9 Å². The first-order valence-electron chi connectivity index (χ1n) is 7.45. The van der Waals surface area contributed by atoms with Gasteiger partial charge >= 0.3 is 0 Å². The van der Waals surface area contributed by atoms with Crippen LogP contribution >= 0.6 is 24.0 Å². The molecule has 118 valence electrons. The van der Waals surface area contributed by atoms with E-state index in [0.29, 0.717) is 6.04 Å². The van der Waals surface area contributed by atoms with Crippen molar-refractivity contribution in [2.24, 2.45) is 4.99 Å². The zero-order valence-corrected chi connectivity index (χ0v) is 14.8. The Hall–Kier alpha value is -0.830. The van der Waals surface area contributed by atoms with E-state index in [0.717, 1.165) is 44.4 Å². The Morgan fingerprint density at radius 2 is 2.14 bits per heavy atom. The van der Waals surface area contributed by atoms with E-state index in [-0.39, 0.29) is 24.0 Å². The minimum Gasteiger partial charge on any atom is -0.364 e. The predicted octanol–water partition coefficient (Wildman–Crippen LogP) is 1.54. The number of piperazine rings is 1. The maximum Gasteiger partial charge on any atom is 0.193 e. The number of aliphatic imine (C=N–C) groups is 1. The van der Waals surface area contributed by atoms with Crippen molar-refractivity contribution in [3.8, 4) is 0 Å². The number of guanidine groups is 1. The van der Waals surface area contributed by atoms with Gasteiger partial charge in [0.1, 0.15) is 6.26 Å². The molecule has 0 aromatic carbocycles. The first-order valence-corrected chi connectivity index (χ1v) is 7.45. The number of nitrogens with one attached hydrogen (secondary N) is 1. The highest BCUT2D eigenvalue weighted by molar-refractivity contribution is 14.0. The van der Waals surface area contributed by atoms with Crippen LogP contribution in [0.5, 0.6) is 0 Å². The van der Waals surface area contributed by atoms with Crippen LogP contribution in [-0.4, -0.2) is 60.2 Å². The lowest BCUT2D eigenvalue weighted by molar-refractivity contribution is 0.167. The van der Waals surface area contributed by atoms with Crippen molar-refractivity contribution in [2.75, 3.05) is 33.2 Å². The minimum absolute atomic E-state index is 0. The maximum absolute atomic E-state index is 4.88. The largest absolute Gasteiger partial charge is 0.364 e. The third-order valence-electron chi connectivity index (χ3n) is 4.20. The molecule has 2 heterocycles. The Morgan fingerprint density at radius 3 is 2.67 bits per heavy atom. The molecule has 21 heavy (non-hydrogen) atoms. The van der Waals surface area contributed by atoms with E-state index in [1.165, 1.54) is 19.3 Å². The highest BCUT2D eigenvalue weighted by atomic mass is 127. The van der Waals surface area contributed by atoms with Crippen molar-refractivity contribution in [1.82, 2.24) is 20.3 Å². The molecule has 1 aromatic rings. The zero-order chi connectivity index (χ0) is 13.8. The summed E-state index contributed by atoms with van der Waals surface area (Å²) in [6, 6.07) is 2.57. The van der Waals surface area contributed by atoms with E-state index < -0.39 is 0 Å². The smallest absolute Gasteiger partial charge is 0.193 e. The lowest BCUT2D eigenvalue weighted by Gasteiger charge is -2.38. The van der Waals surface area contributed by atoms with Crippen molar-refractivity contribution in [3.05, 3.63) is 18.0 Å². The molecule has 6 nitrogen and oxygen atoms in total. The molecule has 1 aliphatic carbocycles. The van der Waals surface area contributed by atoms with E-state index in [2.05, 4.69) is 25.3 Å². The summed E-state index contributed by atoms with van der Waals surface area (Å²) >= 11 is 0. The molecule has 2 fully saturated rings. The molecular formula is C14H24IN5O. The Morgan fingerprint density at radius 1 is 1.38 bits per heavy atom. The molecule has 1 saturated heterocycles. The second-order valence-electron chi connectivity index (χ2n) is 5.57. The van der Waals surface area contributed by atoms with Crippen LogP contribution in [0.15, 0.2) is 21.8 Å². The molecule has 1 aromatic heterocycles. The van der Waals surface area contributed by atoms with Gasteiger partial charge in [0.2, 0.25) is 0 Å². The van der Waals surface area contributed by atoms with Crippen LogP contribution < -0.4 is 5.32 Å². The molecule has 0 amide bonds. The fourth-order valence-electron chi connectivity index (χ4n) is 2.70. The number of hydrogen-bond donors (Lipinski definition) is 1.